The zero-order valence-electron chi connectivity index (χ0n) is 15.4. The van der Waals surface area contributed by atoms with Crippen LogP contribution in [0.1, 0.15) is 17.2 Å². The molecule has 0 aliphatic carbocycles. The van der Waals surface area contributed by atoms with Gasteiger partial charge in [-0.25, -0.2) is 0 Å². The number of benzene rings is 2. The molecule has 0 unspecified atom stereocenters. The lowest BCUT2D eigenvalue weighted by atomic mass is 10.1. The van der Waals surface area contributed by atoms with Gasteiger partial charge in [0.2, 0.25) is 5.91 Å². The number of carbonyl (C=O) groups is 2. The molecule has 1 N–H and O–H groups in total. The van der Waals surface area contributed by atoms with Gasteiger partial charge in [-0.3, -0.25) is 9.59 Å². The second-order valence-corrected chi connectivity index (χ2v) is 6.45. The quantitative estimate of drug-likeness (QED) is 0.848. The number of morpholine rings is 1. The highest BCUT2D eigenvalue weighted by molar-refractivity contribution is 5.89. The first-order valence-electron chi connectivity index (χ1n) is 9.04. The highest BCUT2D eigenvalue weighted by atomic mass is 16.5. The smallest absolute Gasteiger partial charge is 0.258 e. The molecule has 0 aromatic heterocycles. The maximum Gasteiger partial charge on any atom is 0.258 e. The van der Waals surface area contributed by atoms with Crippen LogP contribution in [0.2, 0.25) is 0 Å². The summed E-state index contributed by atoms with van der Waals surface area (Å²) in [6, 6.07) is 16.0. The molecule has 1 atom stereocenters. The van der Waals surface area contributed by atoms with E-state index < -0.39 is 6.04 Å². The van der Waals surface area contributed by atoms with Crippen molar-refractivity contribution >= 4 is 11.8 Å². The van der Waals surface area contributed by atoms with Crippen molar-refractivity contribution in [3.05, 3.63) is 65.7 Å². The average Bonchev–Trinajstić information content (AvgIpc) is 2.72. The fourth-order valence-corrected chi connectivity index (χ4v) is 2.89. The Hall–Kier alpha value is -2.86. The number of rotatable bonds is 6. The van der Waals surface area contributed by atoms with Gasteiger partial charge in [-0.1, -0.05) is 48.0 Å². The van der Waals surface area contributed by atoms with E-state index in [1.165, 1.54) is 0 Å². The number of nitrogens with zero attached hydrogens (tertiary/aromatic N) is 1. The minimum atomic E-state index is -0.738. The van der Waals surface area contributed by atoms with Crippen LogP contribution in [0.4, 0.5) is 0 Å². The zero-order chi connectivity index (χ0) is 19.1. The summed E-state index contributed by atoms with van der Waals surface area (Å²) in [4.78, 5) is 27.1. The van der Waals surface area contributed by atoms with Gasteiger partial charge in [0.1, 0.15) is 11.8 Å². The Labute approximate surface area is 159 Å². The van der Waals surface area contributed by atoms with E-state index in [0.717, 1.165) is 11.1 Å². The topological polar surface area (TPSA) is 67.9 Å². The first-order valence-corrected chi connectivity index (χ1v) is 9.04. The summed E-state index contributed by atoms with van der Waals surface area (Å²) >= 11 is 0. The summed E-state index contributed by atoms with van der Waals surface area (Å²) in [5.74, 6) is 0.144. The van der Waals surface area contributed by atoms with Crippen LogP contribution in [0.15, 0.2) is 54.6 Å². The van der Waals surface area contributed by atoms with Crippen LogP contribution in [-0.2, 0) is 14.3 Å². The molecule has 1 heterocycles. The van der Waals surface area contributed by atoms with Crippen LogP contribution in [0.3, 0.4) is 0 Å². The molecule has 1 aliphatic rings. The van der Waals surface area contributed by atoms with Gasteiger partial charge in [-0.05, 0) is 24.6 Å². The van der Waals surface area contributed by atoms with Crippen LogP contribution in [0, 0.1) is 6.92 Å². The van der Waals surface area contributed by atoms with Gasteiger partial charge in [0.15, 0.2) is 6.61 Å². The van der Waals surface area contributed by atoms with Gasteiger partial charge in [-0.2, -0.15) is 0 Å². The molecule has 0 radical (unpaired) electrons. The molecule has 2 aromatic carbocycles. The predicted molar refractivity (Wildman–Crippen MR) is 101 cm³/mol. The molecular formula is C21H24N2O4. The molecule has 3 rings (SSSR count). The van der Waals surface area contributed by atoms with Crippen molar-refractivity contribution in [3.8, 4) is 5.75 Å². The standard InChI is InChI=1S/C21H24N2O4/c1-16-7-9-18(10-8-16)27-15-19(24)22-20(17-5-3-2-4-6-17)21(25)23-11-13-26-14-12-23/h2-10,20H,11-15H2,1H3,(H,22,24)/t20-/m0/s1. The van der Waals surface area contributed by atoms with E-state index in [4.69, 9.17) is 9.47 Å². The van der Waals surface area contributed by atoms with E-state index in [0.29, 0.717) is 32.1 Å². The van der Waals surface area contributed by atoms with Gasteiger partial charge in [-0.15, -0.1) is 0 Å². The average molecular weight is 368 g/mol. The molecule has 0 saturated carbocycles. The molecule has 142 valence electrons. The second-order valence-electron chi connectivity index (χ2n) is 6.45. The molecule has 0 bridgehead atoms. The summed E-state index contributed by atoms with van der Waals surface area (Å²) < 4.78 is 10.8. The van der Waals surface area contributed by atoms with Crippen molar-refractivity contribution in [2.24, 2.45) is 0 Å². The van der Waals surface area contributed by atoms with E-state index >= 15 is 0 Å². The summed E-state index contributed by atoms with van der Waals surface area (Å²) in [6.45, 7) is 3.91. The molecule has 2 amide bonds. The SMILES string of the molecule is Cc1ccc(OCC(=O)N[C@H](C(=O)N2CCOCC2)c2ccccc2)cc1. The molecule has 1 fully saturated rings. The first kappa shape index (κ1) is 18.9. The molecule has 6 heteroatoms. The largest absolute Gasteiger partial charge is 0.484 e. The minimum Gasteiger partial charge on any atom is -0.484 e. The van der Waals surface area contributed by atoms with Crippen molar-refractivity contribution in [1.82, 2.24) is 10.2 Å². The van der Waals surface area contributed by atoms with Gasteiger partial charge in [0.05, 0.1) is 13.2 Å². The number of aryl methyl sites for hydroxylation is 1. The third-order valence-corrected chi connectivity index (χ3v) is 4.40. The number of hydrogen-bond donors (Lipinski definition) is 1. The maximum absolute atomic E-state index is 13.0. The summed E-state index contributed by atoms with van der Waals surface area (Å²) in [6.07, 6.45) is 0. The van der Waals surface area contributed by atoms with E-state index in [1.807, 2.05) is 61.5 Å². The van der Waals surface area contributed by atoms with Crippen LogP contribution >= 0.6 is 0 Å². The van der Waals surface area contributed by atoms with E-state index in [1.54, 1.807) is 4.90 Å². The van der Waals surface area contributed by atoms with Crippen molar-refractivity contribution in [1.29, 1.82) is 0 Å². The zero-order valence-corrected chi connectivity index (χ0v) is 15.4. The van der Waals surface area contributed by atoms with Gasteiger partial charge < -0.3 is 19.7 Å². The number of amides is 2. The fraction of sp³-hybridized carbons (Fsp3) is 0.333. The lowest BCUT2D eigenvalue weighted by molar-refractivity contribution is -0.140. The highest BCUT2D eigenvalue weighted by Crippen LogP contribution is 2.17. The monoisotopic (exact) mass is 368 g/mol. The van der Waals surface area contributed by atoms with Crippen LogP contribution < -0.4 is 10.1 Å². The van der Waals surface area contributed by atoms with Crippen molar-refractivity contribution in [2.45, 2.75) is 13.0 Å². The van der Waals surface area contributed by atoms with Crippen molar-refractivity contribution in [3.63, 3.8) is 0 Å². The maximum atomic E-state index is 13.0. The lowest BCUT2D eigenvalue weighted by Gasteiger charge is -2.31. The van der Waals surface area contributed by atoms with E-state index in [-0.39, 0.29) is 18.4 Å². The Morgan fingerprint density at radius 1 is 1.07 bits per heavy atom. The normalized spacial score (nSPS) is 15.1. The Morgan fingerprint density at radius 3 is 2.41 bits per heavy atom. The van der Waals surface area contributed by atoms with E-state index in [9.17, 15) is 9.59 Å². The number of hydrogen-bond acceptors (Lipinski definition) is 4. The third-order valence-electron chi connectivity index (χ3n) is 4.40. The minimum absolute atomic E-state index is 0.131. The Bertz CT molecular complexity index is 756. The van der Waals surface area contributed by atoms with Crippen molar-refractivity contribution in [2.75, 3.05) is 32.9 Å². The molecule has 2 aromatic rings. The first-order chi connectivity index (χ1) is 13.1. The molecule has 0 spiro atoms. The van der Waals surface area contributed by atoms with Gasteiger partial charge in [0, 0.05) is 13.1 Å². The molecular weight excluding hydrogens is 344 g/mol. The third kappa shape index (κ3) is 5.31. The lowest BCUT2D eigenvalue weighted by Crippen LogP contribution is -2.48. The molecule has 6 nitrogen and oxygen atoms in total. The van der Waals surface area contributed by atoms with E-state index in [2.05, 4.69) is 5.32 Å². The van der Waals surface area contributed by atoms with Crippen LogP contribution in [0.25, 0.3) is 0 Å². The summed E-state index contributed by atoms with van der Waals surface area (Å²) in [7, 11) is 0. The van der Waals surface area contributed by atoms with Gasteiger partial charge in [0.25, 0.3) is 5.91 Å². The Kier molecular flexibility index (Phi) is 6.44. The summed E-state index contributed by atoms with van der Waals surface area (Å²) in [5.41, 5.74) is 1.87. The molecule has 1 saturated heterocycles. The molecule has 1 aliphatic heterocycles. The number of nitrogens with one attached hydrogen (secondary N) is 1. The fourth-order valence-electron chi connectivity index (χ4n) is 2.89. The highest BCUT2D eigenvalue weighted by Gasteiger charge is 2.28. The summed E-state index contributed by atoms with van der Waals surface area (Å²) in [5, 5.41) is 2.82. The van der Waals surface area contributed by atoms with Crippen LogP contribution in [0.5, 0.6) is 5.75 Å². The Morgan fingerprint density at radius 2 is 1.74 bits per heavy atom. The van der Waals surface area contributed by atoms with Crippen molar-refractivity contribution < 1.29 is 19.1 Å². The number of ether oxygens (including phenoxy) is 2. The van der Waals surface area contributed by atoms with Gasteiger partial charge >= 0.3 is 0 Å². The second kappa shape index (κ2) is 9.19. The van der Waals surface area contributed by atoms with Crippen LogP contribution in [-0.4, -0.2) is 49.6 Å². The molecule has 27 heavy (non-hydrogen) atoms. The Balaban J connectivity index is 1.66. The predicted octanol–water partition coefficient (Wildman–Crippen LogP) is 2.09. The number of carbonyl (C=O) groups excluding carboxylic acids is 2.